The maximum Gasteiger partial charge on any atom is 0.150 e. The van der Waals surface area contributed by atoms with Gasteiger partial charge in [-0.25, -0.2) is 0 Å². The summed E-state index contributed by atoms with van der Waals surface area (Å²) in [5, 5.41) is 0. The van der Waals surface area contributed by atoms with Crippen LogP contribution in [0.25, 0.3) is 0 Å². The molecule has 2 heteroatoms. The summed E-state index contributed by atoms with van der Waals surface area (Å²) >= 11 is 0. The first-order chi connectivity index (χ1) is 6.20. The van der Waals surface area contributed by atoms with Gasteiger partial charge in [0.1, 0.15) is 6.29 Å². The molecule has 0 spiro atoms. The van der Waals surface area contributed by atoms with Crippen LogP contribution in [0.2, 0.25) is 0 Å². The van der Waals surface area contributed by atoms with Crippen LogP contribution >= 0.6 is 0 Å². The monoisotopic (exact) mass is 180 g/mol. The Morgan fingerprint density at radius 3 is 1.92 bits per heavy atom. The third-order valence-electron chi connectivity index (χ3n) is 1.41. The number of carbonyl (C=O) groups is 1. The average Bonchev–Trinajstić information content (AvgIpc) is 2.20. The SMILES string of the molecule is COC(C)C.O=Cc1ccccc1. The van der Waals surface area contributed by atoms with E-state index in [0.717, 1.165) is 11.8 Å². The highest BCUT2D eigenvalue weighted by Gasteiger charge is 1.80. The summed E-state index contributed by atoms with van der Waals surface area (Å²) in [5.41, 5.74) is 0.729. The van der Waals surface area contributed by atoms with Crippen molar-refractivity contribution in [2.75, 3.05) is 7.11 Å². The lowest BCUT2D eigenvalue weighted by atomic mass is 10.2. The smallest absolute Gasteiger partial charge is 0.150 e. The maximum atomic E-state index is 10.0. The van der Waals surface area contributed by atoms with Gasteiger partial charge in [0, 0.05) is 12.7 Å². The summed E-state index contributed by atoms with van der Waals surface area (Å²) in [5.74, 6) is 0. The molecule has 0 bridgehead atoms. The van der Waals surface area contributed by atoms with E-state index in [0.29, 0.717) is 6.10 Å². The fourth-order valence-electron chi connectivity index (χ4n) is 0.532. The predicted octanol–water partition coefficient (Wildman–Crippen LogP) is 2.54. The highest BCUT2D eigenvalue weighted by atomic mass is 16.5. The van der Waals surface area contributed by atoms with E-state index in [1.54, 1.807) is 19.2 Å². The minimum absolute atomic E-state index is 0.384. The van der Waals surface area contributed by atoms with Crippen molar-refractivity contribution in [2.24, 2.45) is 0 Å². The Morgan fingerprint density at radius 1 is 1.23 bits per heavy atom. The van der Waals surface area contributed by atoms with Gasteiger partial charge in [-0.15, -0.1) is 0 Å². The highest BCUT2D eigenvalue weighted by Crippen LogP contribution is 1.91. The van der Waals surface area contributed by atoms with Gasteiger partial charge in [-0.2, -0.15) is 0 Å². The predicted molar refractivity (Wildman–Crippen MR) is 54.0 cm³/mol. The lowest BCUT2D eigenvalue weighted by Gasteiger charge is -1.94. The van der Waals surface area contributed by atoms with Gasteiger partial charge in [-0.1, -0.05) is 30.3 Å². The van der Waals surface area contributed by atoms with Crippen molar-refractivity contribution in [3.8, 4) is 0 Å². The van der Waals surface area contributed by atoms with Crippen molar-refractivity contribution < 1.29 is 9.53 Å². The van der Waals surface area contributed by atoms with Gasteiger partial charge in [0.2, 0.25) is 0 Å². The quantitative estimate of drug-likeness (QED) is 0.654. The molecular formula is C11H16O2. The third-order valence-corrected chi connectivity index (χ3v) is 1.41. The van der Waals surface area contributed by atoms with Gasteiger partial charge in [0.15, 0.2) is 0 Å². The van der Waals surface area contributed by atoms with E-state index in [-0.39, 0.29) is 0 Å². The zero-order valence-corrected chi connectivity index (χ0v) is 8.36. The molecule has 1 aromatic rings. The van der Waals surface area contributed by atoms with Crippen molar-refractivity contribution in [3.05, 3.63) is 35.9 Å². The zero-order valence-electron chi connectivity index (χ0n) is 8.36. The number of hydrogen-bond donors (Lipinski definition) is 0. The van der Waals surface area contributed by atoms with Crippen molar-refractivity contribution in [2.45, 2.75) is 20.0 Å². The number of rotatable bonds is 2. The largest absolute Gasteiger partial charge is 0.382 e. The van der Waals surface area contributed by atoms with E-state index in [4.69, 9.17) is 4.74 Å². The minimum Gasteiger partial charge on any atom is -0.382 e. The van der Waals surface area contributed by atoms with Gasteiger partial charge in [0.05, 0.1) is 6.10 Å². The Morgan fingerprint density at radius 2 is 1.69 bits per heavy atom. The van der Waals surface area contributed by atoms with E-state index < -0.39 is 0 Å². The van der Waals surface area contributed by atoms with Crippen LogP contribution in [0.4, 0.5) is 0 Å². The lowest BCUT2D eigenvalue weighted by Crippen LogP contribution is -1.94. The summed E-state index contributed by atoms with van der Waals surface area (Å²) in [7, 11) is 1.70. The zero-order chi connectivity index (χ0) is 10.1. The van der Waals surface area contributed by atoms with E-state index in [1.807, 2.05) is 32.0 Å². The van der Waals surface area contributed by atoms with E-state index >= 15 is 0 Å². The standard InChI is InChI=1S/C7H6O.C4H10O/c8-6-7-4-2-1-3-5-7;1-4(2)5-3/h1-6H;4H,1-3H3. The van der Waals surface area contributed by atoms with Crippen LogP contribution in [-0.2, 0) is 4.74 Å². The van der Waals surface area contributed by atoms with Crippen LogP contribution in [0.5, 0.6) is 0 Å². The van der Waals surface area contributed by atoms with Gasteiger partial charge >= 0.3 is 0 Å². The normalized spacial score (nSPS) is 8.92. The molecule has 13 heavy (non-hydrogen) atoms. The van der Waals surface area contributed by atoms with Crippen LogP contribution in [-0.4, -0.2) is 19.5 Å². The molecule has 0 atom stereocenters. The first kappa shape index (κ1) is 11.8. The second kappa shape index (κ2) is 7.50. The second-order valence-electron chi connectivity index (χ2n) is 2.81. The molecule has 0 saturated heterocycles. The van der Waals surface area contributed by atoms with Crippen molar-refractivity contribution in [1.29, 1.82) is 0 Å². The number of aldehydes is 1. The fraction of sp³-hybridized carbons (Fsp3) is 0.364. The molecule has 0 unspecified atom stereocenters. The molecule has 0 aliphatic carbocycles. The number of ether oxygens (including phenoxy) is 1. The third kappa shape index (κ3) is 7.22. The first-order valence-corrected chi connectivity index (χ1v) is 4.23. The van der Waals surface area contributed by atoms with Crippen molar-refractivity contribution in [1.82, 2.24) is 0 Å². The van der Waals surface area contributed by atoms with Gasteiger partial charge in [-0.3, -0.25) is 4.79 Å². The molecule has 0 heterocycles. The Kier molecular flexibility index (Phi) is 6.83. The van der Waals surface area contributed by atoms with Crippen LogP contribution in [0.3, 0.4) is 0 Å². The summed E-state index contributed by atoms with van der Waals surface area (Å²) < 4.78 is 4.75. The Balaban J connectivity index is 0.000000252. The first-order valence-electron chi connectivity index (χ1n) is 4.23. The van der Waals surface area contributed by atoms with Crippen LogP contribution in [0, 0.1) is 0 Å². The molecular weight excluding hydrogens is 164 g/mol. The van der Waals surface area contributed by atoms with Gasteiger partial charge < -0.3 is 4.74 Å². The molecule has 1 rings (SSSR count). The molecule has 0 aliphatic heterocycles. The molecule has 0 N–H and O–H groups in total. The van der Waals surface area contributed by atoms with Crippen LogP contribution < -0.4 is 0 Å². The highest BCUT2D eigenvalue weighted by molar-refractivity contribution is 5.74. The molecule has 0 radical (unpaired) electrons. The average molecular weight is 180 g/mol. The Hall–Kier alpha value is -1.15. The van der Waals surface area contributed by atoms with E-state index in [2.05, 4.69) is 0 Å². The topological polar surface area (TPSA) is 26.3 Å². The molecule has 0 aromatic heterocycles. The molecule has 72 valence electrons. The number of hydrogen-bond acceptors (Lipinski definition) is 2. The number of methoxy groups -OCH3 is 1. The maximum absolute atomic E-state index is 10.0. The molecule has 0 fully saturated rings. The summed E-state index contributed by atoms with van der Waals surface area (Å²) in [6.45, 7) is 4.00. The van der Waals surface area contributed by atoms with Crippen LogP contribution in [0.15, 0.2) is 30.3 Å². The minimum atomic E-state index is 0.384. The molecule has 0 amide bonds. The summed E-state index contributed by atoms with van der Waals surface area (Å²) in [4.78, 5) is 10.0. The fourth-order valence-corrected chi connectivity index (χ4v) is 0.532. The Labute approximate surface area is 79.5 Å². The summed E-state index contributed by atoms with van der Waals surface area (Å²) in [6, 6.07) is 9.10. The van der Waals surface area contributed by atoms with E-state index in [9.17, 15) is 4.79 Å². The second-order valence-corrected chi connectivity index (χ2v) is 2.81. The van der Waals surface area contributed by atoms with Crippen LogP contribution in [0.1, 0.15) is 24.2 Å². The number of carbonyl (C=O) groups excluding carboxylic acids is 1. The van der Waals surface area contributed by atoms with Gasteiger partial charge in [0.25, 0.3) is 0 Å². The number of benzene rings is 1. The molecule has 0 aliphatic rings. The van der Waals surface area contributed by atoms with Crippen molar-refractivity contribution in [3.63, 3.8) is 0 Å². The van der Waals surface area contributed by atoms with E-state index in [1.165, 1.54) is 0 Å². The molecule has 1 aromatic carbocycles. The molecule has 0 saturated carbocycles. The Bertz CT molecular complexity index is 217. The summed E-state index contributed by atoms with van der Waals surface area (Å²) in [6.07, 6.45) is 1.22. The van der Waals surface area contributed by atoms with Crippen molar-refractivity contribution >= 4 is 6.29 Å². The lowest BCUT2D eigenvalue weighted by molar-refractivity contribution is 0.112. The van der Waals surface area contributed by atoms with Gasteiger partial charge in [-0.05, 0) is 13.8 Å². The molecule has 2 nitrogen and oxygen atoms in total.